The van der Waals surface area contributed by atoms with E-state index in [9.17, 15) is 28.1 Å². The number of benzene rings is 1. The van der Waals surface area contributed by atoms with Crippen LogP contribution in [-0.4, -0.2) is 15.8 Å². The molecule has 0 saturated carbocycles. The van der Waals surface area contributed by atoms with Crippen molar-refractivity contribution in [3.05, 3.63) is 57.8 Å². The first-order valence-electron chi connectivity index (χ1n) is 5.82. The van der Waals surface area contributed by atoms with Gasteiger partial charge in [0.25, 0.3) is 11.6 Å². The number of nitrogens with zero attached hydrogens (tertiary/aromatic N) is 2. The predicted octanol–water partition coefficient (Wildman–Crippen LogP) is 2.77. The van der Waals surface area contributed by atoms with E-state index in [4.69, 9.17) is 5.73 Å². The van der Waals surface area contributed by atoms with Crippen molar-refractivity contribution in [2.75, 3.05) is 0 Å². The number of nitro groups is 1. The molecule has 6 nitrogen and oxygen atoms in total. The van der Waals surface area contributed by atoms with Crippen molar-refractivity contribution < 1.29 is 22.9 Å². The first-order chi connectivity index (χ1) is 10.2. The molecule has 1 heterocycles. The third kappa shape index (κ3) is 2.87. The highest BCUT2D eigenvalue weighted by Crippen LogP contribution is 2.36. The van der Waals surface area contributed by atoms with Gasteiger partial charge in [-0.15, -0.1) is 0 Å². The van der Waals surface area contributed by atoms with E-state index in [1.54, 1.807) is 0 Å². The van der Waals surface area contributed by atoms with Gasteiger partial charge in [-0.25, -0.2) is 0 Å². The molecule has 0 aliphatic carbocycles. The molecule has 0 bridgehead atoms. The molecule has 2 aromatic rings. The first-order valence-corrected chi connectivity index (χ1v) is 5.82. The summed E-state index contributed by atoms with van der Waals surface area (Å²) in [6.45, 7) is 0. The molecule has 1 amide bonds. The number of primary amides is 1. The van der Waals surface area contributed by atoms with Crippen molar-refractivity contribution in [3.8, 4) is 11.3 Å². The second-order valence-corrected chi connectivity index (χ2v) is 4.25. The van der Waals surface area contributed by atoms with Gasteiger partial charge < -0.3 is 5.73 Å². The summed E-state index contributed by atoms with van der Waals surface area (Å²) in [5.74, 6) is -1.05. The van der Waals surface area contributed by atoms with E-state index < -0.39 is 39.5 Å². The maximum atomic E-state index is 13.0. The first kappa shape index (κ1) is 15.4. The molecule has 0 radical (unpaired) electrons. The molecule has 0 aliphatic heterocycles. The fourth-order valence-electron chi connectivity index (χ4n) is 1.90. The summed E-state index contributed by atoms with van der Waals surface area (Å²) in [6, 6.07) is 4.90. The molecule has 9 heteroatoms. The van der Waals surface area contributed by atoms with Crippen LogP contribution in [0.3, 0.4) is 0 Å². The molecule has 2 N–H and O–H groups in total. The number of hydrogen-bond acceptors (Lipinski definition) is 4. The van der Waals surface area contributed by atoms with Crippen LogP contribution in [0, 0.1) is 10.1 Å². The van der Waals surface area contributed by atoms with E-state index in [-0.39, 0.29) is 5.56 Å². The van der Waals surface area contributed by atoms with Gasteiger partial charge in [0, 0.05) is 17.8 Å². The lowest BCUT2D eigenvalue weighted by molar-refractivity contribution is -0.385. The lowest BCUT2D eigenvalue weighted by Gasteiger charge is -2.12. The van der Waals surface area contributed by atoms with Gasteiger partial charge in [-0.3, -0.25) is 19.9 Å². The van der Waals surface area contributed by atoms with E-state index in [1.165, 1.54) is 0 Å². The summed E-state index contributed by atoms with van der Waals surface area (Å²) in [5.41, 5.74) is 2.30. The standard InChI is InChI=1S/C13H8F3N3O3/c14-13(15,16)9-2-1-5-18-11(9)7-3-4-8(12(17)20)10(6-7)19(21)22/h1-6H,(H2,17,20). The van der Waals surface area contributed by atoms with Crippen molar-refractivity contribution in [2.45, 2.75) is 6.18 Å². The van der Waals surface area contributed by atoms with E-state index in [0.717, 1.165) is 36.5 Å². The molecule has 1 aromatic carbocycles. The minimum atomic E-state index is -4.67. The van der Waals surface area contributed by atoms with Gasteiger partial charge in [0.2, 0.25) is 0 Å². The number of nitrogens with two attached hydrogens (primary N) is 1. The van der Waals surface area contributed by atoms with Crippen molar-refractivity contribution in [3.63, 3.8) is 0 Å². The molecule has 114 valence electrons. The number of pyridine rings is 1. The summed E-state index contributed by atoms with van der Waals surface area (Å²) < 4.78 is 38.9. The number of carbonyl (C=O) groups excluding carboxylic acids is 1. The molecular formula is C13H8F3N3O3. The minimum Gasteiger partial charge on any atom is -0.365 e. The average Bonchev–Trinajstić information content (AvgIpc) is 2.45. The van der Waals surface area contributed by atoms with Crippen LogP contribution in [0.4, 0.5) is 18.9 Å². The Labute approximate surface area is 121 Å². The van der Waals surface area contributed by atoms with Crippen LogP contribution in [-0.2, 0) is 6.18 Å². The summed E-state index contributed by atoms with van der Waals surface area (Å²) in [5, 5.41) is 10.9. The fourth-order valence-corrected chi connectivity index (χ4v) is 1.90. The zero-order chi connectivity index (χ0) is 16.5. The van der Waals surface area contributed by atoms with Crippen LogP contribution in [0.5, 0.6) is 0 Å². The Bertz CT molecular complexity index is 760. The van der Waals surface area contributed by atoms with Crippen molar-refractivity contribution in [1.29, 1.82) is 0 Å². The largest absolute Gasteiger partial charge is 0.418 e. The minimum absolute atomic E-state index is 0.135. The third-order valence-electron chi connectivity index (χ3n) is 2.85. The molecule has 2 rings (SSSR count). The van der Waals surface area contributed by atoms with Gasteiger partial charge in [0.05, 0.1) is 16.2 Å². The topological polar surface area (TPSA) is 99.1 Å². The summed E-state index contributed by atoms with van der Waals surface area (Å²) in [7, 11) is 0. The SMILES string of the molecule is NC(=O)c1ccc(-c2ncccc2C(F)(F)F)cc1[N+](=O)[O-]. The van der Waals surface area contributed by atoms with Crippen LogP contribution >= 0.6 is 0 Å². The lowest BCUT2D eigenvalue weighted by atomic mass is 10.0. The smallest absolute Gasteiger partial charge is 0.365 e. The van der Waals surface area contributed by atoms with Crippen LogP contribution < -0.4 is 5.73 Å². The monoisotopic (exact) mass is 311 g/mol. The Kier molecular flexibility index (Phi) is 3.81. The van der Waals surface area contributed by atoms with E-state index in [0.29, 0.717) is 0 Å². The number of halogens is 3. The Balaban J connectivity index is 2.68. The van der Waals surface area contributed by atoms with Crippen LogP contribution in [0.2, 0.25) is 0 Å². The van der Waals surface area contributed by atoms with E-state index in [2.05, 4.69) is 4.98 Å². The maximum absolute atomic E-state index is 13.0. The Morgan fingerprint density at radius 1 is 1.27 bits per heavy atom. The zero-order valence-corrected chi connectivity index (χ0v) is 10.8. The molecule has 0 saturated heterocycles. The second-order valence-electron chi connectivity index (χ2n) is 4.25. The molecular weight excluding hydrogens is 303 g/mol. The van der Waals surface area contributed by atoms with E-state index >= 15 is 0 Å². The van der Waals surface area contributed by atoms with Gasteiger partial charge in [0.1, 0.15) is 5.56 Å². The fraction of sp³-hybridized carbons (Fsp3) is 0.0769. The van der Waals surface area contributed by atoms with Gasteiger partial charge in [-0.2, -0.15) is 13.2 Å². The normalized spacial score (nSPS) is 11.2. The Hall–Kier alpha value is -2.97. The van der Waals surface area contributed by atoms with Gasteiger partial charge in [-0.05, 0) is 18.2 Å². The highest BCUT2D eigenvalue weighted by atomic mass is 19.4. The van der Waals surface area contributed by atoms with Crippen LogP contribution in [0.1, 0.15) is 15.9 Å². The molecule has 0 unspecified atom stereocenters. The van der Waals surface area contributed by atoms with Crippen molar-refractivity contribution in [1.82, 2.24) is 4.98 Å². The number of amides is 1. The maximum Gasteiger partial charge on any atom is 0.418 e. The quantitative estimate of drug-likeness (QED) is 0.696. The molecule has 0 spiro atoms. The van der Waals surface area contributed by atoms with Crippen molar-refractivity contribution >= 4 is 11.6 Å². The Morgan fingerprint density at radius 2 is 1.95 bits per heavy atom. The number of aromatic nitrogens is 1. The highest BCUT2D eigenvalue weighted by molar-refractivity contribution is 5.97. The van der Waals surface area contributed by atoms with Crippen molar-refractivity contribution in [2.24, 2.45) is 5.73 Å². The molecule has 0 fully saturated rings. The van der Waals surface area contributed by atoms with Crippen LogP contribution in [0.15, 0.2) is 36.5 Å². The second kappa shape index (κ2) is 5.43. The van der Waals surface area contributed by atoms with Gasteiger partial charge >= 0.3 is 6.18 Å². The predicted molar refractivity (Wildman–Crippen MR) is 69.8 cm³/mol. The van der Waals surface area contributed by atoms with Crippen LogP contribution in [0.25, 0.3) is 11.3 Å². The van der Waals surface area contributed by atoms with Gasteiger partial charge in [0.15, 0.2) is 0 Å². The third-order valence-corrected chi connectivity index (χ3v) is 2.85. The van der Waals surface area contributed by atoms with Gasteiger partial charge in [-0.1, -0.05) is 6.07 Å². The number of nitro benzene ring substituents is 1. The summed E-state index contributed by atoms with van der Waals surface area (Å²) in [4.78, 5) is 24.8. The molecule has 0 aliphatic rings. The highest BCUT2D eigenvalue weighted by Gasteiger charge is 2.34. The summed E-state index contributed by atoms with van der Waals surface area (Å²) >= 11 is 0. The average molecular weight is 311 g/mol. The van der Waals surface area contributed by atoms with E-state index in [1.807, 2.05) is 0 Å². The molecule has 0 atom stereocenters. The lowest BCUT2D eigenvalue weighted by Crippen LogP contribution is -2.13. The zero-order valence-electron chi connectivity index (χ0n) is 10.8. The molecule has 1 aromatic heterocycles. The molecule has 22 heavy (non-hydrogen) atoms. The number of carbonyl (C=O) groups is 1. The number of rotatable bonds is 3. The summed E-state index contributed by atoms with van der Waals surface area (Å²) in [6.07, 6.45) is -3.53. The Morgan fingerprint density at radius 3 is 2.50 bits per heavy atom. The number of alkyl halides is 3. The number of hydrogen-bond donors (Lipinski definition) is 1.